The second-order valence-electron chi connectivity index (χ2n) is 6.30. The third-order valence-electron chi connectivity index (χ3n) is 4.48. The summed E-state index contributed by atoms with van der Waals surface area (Å²) >= 11 is 0. The van der Waals surface area contributed by atoms with Crippen molar-refractivity contribution in [3.63, 3.8) is 0 Å². The lowest BCUT2D eigenvalue weighted by Gasteiger charge is -2.08. The van der Waals surface area contributed by atoms with E-state index in [9.17, 15) is 15.0 Å². The number of aromatic hydroxyl groups is 1. The normalized spacial score (nSPS) is 10.9. The largest absolute Gasteiger partial charge is 0.502 e. The smallest absolute Gasteiger partial charge is 0.221 e. The van der Waals surface area contributed by atoms with Crippen LogP contribution < -0.4 is 4.57 Å². The van der Waals surface area contributed by atoms with E-state index in [1.807, 2.05) is 4.57 Å². The van der Waals surface area contributed by atoms with Crippen molar-refractivity contribution in [2.75, 3.05) is 0 Å². The van der Waals surface area contributed by atoms with Crippen molar-refractivity contribution in [1.29, 1.82) is 0 Å². The Morgan fingerprint density at radius 1 is 1.04 bits per heavy atom. The average Bonchev–Trinajstić information content (AvgIpc) is 2.56. The van der Waals surface area contributed by atoms with Gasteiger partial charge in [0.2, 0.25) is 5.69 Å². The van der Waals surface area contributed by atoms with Crippen molar-refractivity contribution in [2.45, 2.75) is 84.8 Å². The average molecular weight is 322 g/mol. The predicted octanol–water partition coefficient (Wildman–Crippen LogP) is 3.82. The van der Waals surface area contributed by atoms with Gasteiger partial charge in [0.25, 0.3) is 0 Å². The van der Waals surface area contributed by atoms with E-state index in [0.717, 1.165) is 13.0 Å². The Bertz CT molecular complexity index is 486. The molecule has 0 aliphatic rings. The zero-order valence-corrected chi connectivity index (χ0v) is 14.7. The van der Waals surface area contributed by atoms with Crippen LogP contribution in [0.2, 0.25) is 0 Å². The molecule has 0 saturated heterocycles. The number of aromatic nitrogens is 1. The van der Waals surface area contributed by atoms with Crippen molar-refractivity contribution in [2.24, 2.45) is 0 Å². The summed E-state index contributed by atoms with van der Waals surface area (Å²) in [5.74, 6) is -0.0116. The first-order chi connectivity index (χ1) is 11.2. The van der Waals surface area contributed by atoms with Gasteiger partial charge in [-0.05, 0) is 6.42 Å². The summed E-state index contributed by atoms with van der Waals surface area (Å²) in [4.78, 5) is 11.0. The van der Waals surface area contributed by atoms with Gasteiger partial charge in [-0.15, -0.1) is 0 Å². The lowest BCUT2D eigenvalue weighted by atomic mass is 10.1. The molecule has 0 bridgehead atoms. The fourth-order valence-electron chi connectivity index (χ4n) is 2.92. The van der Waals surface area contributed by atoms with Crippen LogP contribution in [0.15, 0.2) is 6.20 Å². The van der Waals surface area contributed by atoms with Gasteiger partial charge in [-0.1, -0.05) is 51.9 Å². The maximum atomic E-state index is 11.0. The van der Waals surface area contributed by atoms with E-state index in [1.54, 1.807) is 13.1 Å². The number of rotatable bonds is 12. The van der Waals surface area contributed by atoms with E-state index in [4.69, 9.17) is 0 Å². The van der Waals surface area contributed by atoms with Gasteiger partial charge >= 0.3 is 0 Å². The first-order valence-electron chi connectivity index (χ1n) is 8.96. The highest BCUT2D eigenvalue weighted by Crippen LogP contribution is 2.21. The van der Waals surface area contributed by atoms with E-state index in [2.05, 4.69) is 6.92 Å². The Morgan fingerprint density at radius 3 is 2.13 bits per heavy atom. The molecule has 0 fully saturated rings. The second kappa shape index (κ2) is 11.2. The summed E-state index contributed by atoms with van der Waals surface area (Å²) in [5.41, 5.74) is 1.37. The number of hydrogen-bond acceptors (Lipinski definition) is 3. The minimum absolute atomic E-state index is 0.0116. The molecule has 0 radical (unpaired) electrons. The molecule has 4 heteroatoms. The Hall–Kier alpha value is -1.42. The van der Waals surface area contributed by atoms with Crippen molar-refractivity contribution in [1.82, 2.24) is 0 Å². The molecular formula is C19H32NO3+. The fraction of sp³-hybridized carbons (Fsp3) is 0.684. The van der Waals surface area contributed by atoms with Crippen LogP contribution in [-0.2, 0) is 13.2 Å². The van der Waals surface area contributed by atoms with Gasteiger partial charge in [-0.25, -0.2) is 0 Å². The lowest BCUT2D eigenvalue weighted by molar-refractivity contribution is -0.704. The van der Waals surface area contributed by atoms with E-state index in [1.165, 1.54) is 51.4 Å². The monoisotopic (exact) mass is 322 g/mol. The zero-order valence-electron chi connectivity index (χ0n) is 14.7. The molecule has 0 amide bonds. The number of hydrogen-bond donors (Lipinski definition) is 2. The molecule has 23 heavy (non-hydrogen) atoms. The summed E-state index contributed by atoms with van der Waals surface area (Å²) in [6.07, 6.45) is 13.8. The maximum absolute atomic E-state index is 11.0. The van der Waals surface area contributed by atoms with Crippen molar-refractivity contribution in [3.05, 3.63) is 23.0 Å². The highest BCUT2D eigenvalue weighted by Gasteiger charge is 2.19. The number of unbranched alkanes of at least 4 members (excludes halogenated alkanes) is 8. The van der Waals surface area contributed by atoms with Crippen LogP contribution in [0.25, 0.3) is 0 Å². The molecule has 0 aliphatic carbocycles. The Labute approximate surface area is 140 Å². The molecule has 0 unspecified atom stereocenters. The molecule has 0 saturated carbocycles. The standard InChI is InChI=1S/C19H31NO3/c1-3-4-5-6-7-8-9-10-11-12-20-13-17(14-21)18(15-22)19(23)16(20)2/h13,15,21H,3-12,14H2,1-2H3/p+1. The predicted molar refractivity (Wildman–Crippen MR) is 91.6 cm³/mol. The molecule has 0 aliphatic heterocycles. The number of nitrogens with zero attached hydrogens (tertiary/aromatic N) is 1. The number of pyridine rings is 1. The number of aryl methyl sites for hydroxylation is 1. The van der Waals surface area contributed by atoms with Crippen molar-refractivity contribution in [3.8, 4) is 5.75 Å². The van der Waals surface area contributed by atoms with Gasteiger partial charge < -0.3 is 10.2 Å². The molecule has 0 aromatic carbocycles. The molecule has 1 rings (SSSR count). The summed E-state index contributed by atoms with van der Waals surface area (Å²) in [7, 11) is 0. The van der Waals surface area contributed by atoms with Crippen molar-refractivity contribution >= 4 is 6.29 Å². The first kappa shape index (κ1) is 19.6. The summed E-state index contributed by atoms with van der Waals surface area (Å²) in [6, 6.07) is 0. The summed E-state index contributed by atoms with van der Waals surface area (Å²) < 4.78 is 1.94. The highest BCUT2D eigenvalue weighted by molar-refractivity contribution is 5.81. The quantitative estimate of drug-likeness (QED) is 0.349. The molecule has 1 heterocycles. The van der Waals surface area contributed by atoms with Gasteiger partial charge in [0, 0.05) is 13.3 Å². The fourth-order valence-corrected chi connectivity index (χ4v) is 2.92. The van der Waals surface area contributed by atoms with Crippen LogP contribution >= 0.6 is 0 Å². The second-order valence-corrected chi connectivity index (χ2v) is 6.30. The lowest BCUT2D eigenvalue weighted by Crippen LogP contribution is -2.38. The van der Waals surface area contributed by atoms with E-state index >= 15 is 0 Å². The first-order valence-corrected chi connectivity index (χ1v) is 8.96. The highest BCUT2D eigenvalue weighted by atomic mass is 16.3. The number of carbonyl (C=O) groups excluding carboxylic acids is 1. The van der Waals surface area contributed by atoms with Crippen LogP contribution in [0.3, 0.4) is 0 Å². The third kappa shape index (κ3) is 6.30. The van der Waals surface area contributed by atoms with Crippen LogP contribution in [0.4, 0.5) is 0 Å². The molecule has 2 N–H and O–H groups in total. The molecule has 1 aromatic heterocycles. The van der Waals surface area contributed by atoms with Gasteiger partial charge in [0.05, 0.1) is 17.7 Å². The Morgan fingerprint density at radius 2 is 1.61 bits per heavy atom. The zero-order chi connectivity index (χ0) is 17.1. The Balaban J connectivity index is 2.38. The van der Waals surface area contributed by atoms with Gasteiger partial charge in [0.15, 0.2) is 18.2 Å². The minimum atomic E-state index is -0.236. The van der Waals surface area contributed by atoms with Crippen LogP contribution in [0.1, 0.15) is 86.3 Å². The van der Waals surface area contributed by atoms with Gasteiger partial charge in [0.1, 0.15) is 6.54 Å². The van der Waals surface area contributed by atoms with E-state index < -0.39 is 0 Å². The minimum Gasteiger partial charge on any atom is -0.502 e. The maximum Gasteiger partial charge on any atom is 0.221 e. The molecule has 1 aromatic rings. The van der Waals surface area contributed by atoms with Crippen LogP contribution in [-0.4, -0.2) is 16.5 Å². The van der Waals surface area contributed by atoms with Crippen molar-refractivity contribution < 1.29 is 19.6 Å². The molecule has 4 nitrogen and oxygen atoms in total. The van der Waals surface area contributed by atoms with Crippen LogP contribution in [0.5, 0.6) is 5.75 Å². The molecule has 0 atom stereocenters. The number of aliphatic hydroxyl groups is 1. The summed E-state index contributed by atoms with van der Waals surface area (Å²) in [5, 5.41) is 19.4. The van der Waals surface area contributed by atoms with Gasteiger partial charge in [-0.2, -0.15) is 4.57 Å². The number of aldehydes is 1. The molecule has 0 spiro atoms. The third-order valence-corrected chi connectivity index (χ3v) is 4.48. The Kier molecular flexibility index (Phi) is 9.53. The number of aliphatic hydroxyl groups excluding tert-OH is 1. The van der Waals surface area contributed by atoms with E-state index in [-0.39, 0.29) is 17.9 Å². The van der Waals surface area contributed by atoms with Gasteiger partial charge in [-0.3, -0.25) is 4.79 Å². The van der Waals surface area contributed by atoms with Crippen LogP contribution in [0, 0.1) is 6.92 Å². The molecular weight excluding hydrogens is 290 g/mol. The van der Waals surface area contributed by atoms with E-state index in [0.29, 0.717) is 17.5 Å². The molecule has 130 valence electrons. The summed E-state index contributed by atoms with van der Waals surface area (Å²) in [6.45, 7) is 4.61. The SMILES string of the molecule is CCCCCCCCCCC[n+]1cc(CO)c(C=O)c(O)c1C. The topological polar surface area (TPSA) is 61.4 Å². The number of carbonyl (C=O) groups is 1.